The van der Waals surface area contributed by atoms with Gasteiger partial charge in [-0.15, -0.1) is 0 Å². The minimum Gasteiger partial charge on any atom is -0.480 e. The van der Waals surface area contributed by atoms with Gasteiger partial charge in [-0.05, 0) is 31.0 Å². The fraction of sp³-hybridized carbons (Fsp3) is 0.333. The molecule has 1 aromatic carbocycles. The largest absolute Gasteiger partial charge is 0.480 e. The molecule has 2 aromatic rings. The number of aliphatic carboxylic acids is 1. The average Bonchev–Trinajstić information content (AvgIpc) is 2.80. The monoisotopic (exact) mass is 274 g/mol. The van der Waals surface area contributed by atoms with Gasteiger partial charge < -0.3 is 15.4 Å². The van der Waals surface area contributed by atoms with Crippen LogP contribution < -0.4 is 5.32 Å². The molecule has 3 N–H and O–H groups in total. The summed E-state index contributed by atoms with van der Waals surface area (Å²) in [7, 11) is 0. The Labute approximate surface area is 117 Å². The van der Waals surface area contributed by atoms with E-state index in [0.29, 0.717) is 18.5 Å². The zero-order valence-corrected chi connectivity index (χ0v) is 11.6. The molecular weight excluding hydrogens is 256 g/mol. The van der Waals surface area contributed by atoms with Crippen molar-refractivity contribution in [3.05, 3.63) is 35.5 Å². The van der Waals surface area contributed by atoms with Crippen LogP contribution in [0.1, 0.15) is 35.8 Å². The van der Waals surface area contributed by atoms with Crippen LogP contribution in [0.3, 0.4) is 0 Å². The van der Waals surface area contributed by atoms with Crippen molar-refractivity contribution in [2.45, 2.75) is 32.7 Å². The third-order valence-corrected chi connectivity index (χ3v) is 3.20. The van der Waals surface area contributed by atoms with E-state index in [0.717, 1.165) is 16.5 Å². The molecule has 5 heteroatoms. The molecule has 2 rings (SSSR count). The Morgan fingerprint density at radius 1 is 1.35 bits per heavy atom. The molecule has 5 nitrogen and oxygen atoms in total. The second-order valence-electron chi connectivity index (χ2n) is 4.93. The van der Waals surface area contributed by atoms with Crippen molar-refractivity contribution in [2.75, 3.05) is 0 Å². The Bertz CT molecular complexity index is 646. The second-order valence-corrected chi connectivity index (χ2v) is 4.93. The van der Waals surface area contributed by atoms with Gasteiger partial charge in [-0.25, -0.2) is 4.79 Å². The van der Waals surface area contributed by atoms with Crippen molar-refractivity contribution in [3.63, 3.8) is 0 Å². The molecule has 1 aromatic heterocycles. The number of aromatic amines is 1. The van der Waals surface area contributed by atoms with E-state index in [1.807, 2.05) is 32.0 Å². The van der Waals surface area contributed by atoms with Gasteiger partial charge in [0.05, 0.1) is 0 Å². The van der Waals surface area contributed by atoms with Crippen LogP contribution in [0.25, 0.3) is 10.9 Å². The standard InChI is InChI=1S/C15H18N2O3/c1-3-4-11(15(19)20)17-14(18)13-8-10-6-5-9(2)7-12(10)16-13/h5-8,11,16H,3-4H2,1-2H3,(H,17,18)(H,19,20). The lowest BCUT2D eigenvalue weighted by Gasteiger charge is -2.12. The second kappa shape index (κ2) is 5.77. The first-order valence-electron chi connectivity index (χ1n) is 6.64. The number of aromatic nitrogens is 1. The molecule has 20 heavy (non-hydrogen) atoms. The highest BCUT2D eigenvalue weighted by Crippen LogP contribution is 2.17. The molecule has 0 aliphatic rings. The SMILES string of the molecule is CCCC(NC(=O)c1cc2ccc(C)cc2[nH]1)C(=O)O. The van der Waals surface area contributed by atoms with Crippen LogP contribution in [0, 0.1) is 6.92 Å². The maximum Gasteiger partial charge on any atom is 0.326 e. The van der Waals surface area contributed by atoms with Crippen molar-refractivity contribution in [1.82, 2.24) is 10.3 Å². The highest BCUT2D eigenvalue weighted by atomic mass is 16.4. The normalized spacial score (nSPS) is 12.3. The molecule has 1 atom stereocenters. The third-order valence-electron chi connectivity index (χ3n) is 3.20. The molecule has 1 amide bonds. The van der Waals surface area contributed by atoms with Gasteiger partial charge in [-0.1, -0.05) is 25.5 Å². The number of carboxylic acids is 1. The van der Waals surface area contributed by atoms with Gasteiger partial charge in [0.15, 0.2) is 0 Å². The Hall–Kier alpha value is -2.30. The first-order valence-corrected chi connectivity index (χ1v) is 6.64. The maximum absolute atomic E-state index is 12.1. The summed E-state index contributed by atoms with van der Waals surface area (Å²) in [6.45, 7) is 3.86. The summed E-state index contributed by atoms with van der Waals surface area (Å²) in [5, 5.41) is 12.5. The predicted octanol–water partition coefficient (Wildman–Crippen LogP) is 2.46. The van der Waals surface area contributed by atoms with Crippen LogP contribution in [0.4, 0.5) is 0 Å². The topological polar surface area (TPSA) is 82.2 Å². The summed E-state index contributed by atoms with van der Waals surface area (Å²) in [6, 6.07) is 6.73. The van der Waals surface area contributed by atoms with Crippen LogP contribution in [-0.2, 0) is 4.79 Å². The van der Waals surface area contributed by atoms with Gasteiger partial charge in [-0.3, -0.25) is 4.79 Å². The van der Waals surface area contributed by atoms with Gasteiger partial charge >= 0.3 is 5.97 Å². The van der Waals surface area contributed by atoms with Gasteiger partial charge in [0.1, 0.15) is 11.7 Å². The summed E-state index contributed by atoms with van der Waals surface area (Å²) >= 11 is 0. The van der Waals surface area contributed by atoms with E-state index in [2.05, 4.69) is 10.3 Å². The van der Waals surface area contributed by atoms with Gasteiger partial charge in [0.2, 0.25) is 0 Å². The molecule has 0 saturated carbocycles. The van der Waals surface area contributed by atoms with E-state index in [9.17, 15) is 9.59 Å². The molecule has 0 aliphatic heterocycles. The number of nitrogens with one attached hydrogen (secondary N) is 2. The van der Waals surface area contributed by atoms with Crippen molar-refractivity contribution in [1.29, 1.82) is 0 Å². The van der Waals surface area contributed by atoms with Crippen LogP contribution in [0.2, 0.25) is 0 Å². The average molecular weight is 274 g/mol. The fourth-order valence-electron chi connectivity index (χ4n) is 2.15. The Kier molecular flexibility index (Phi) is 4.08. The number of fused-ring (bicyclic) bond motifs is 1. The highest BCUT2D eigenvalue weighted by Gasteiger charge is 2.20. The fourth-order valence-corrected chi connectivity index (χ4v) is 2.15. The summed E-state index contributed by atoms with van der Waals surface area (Å²) in [6.07, 6.45) is 1.11. The Balaban J connectivity index is 2.20. The van der Waals surface area contributed by atoms with Crippen molar-refractivity contribution in [2.24, 2.45) is 0 Å². The molecule has 0 bridgehead atoms. The lowest BCUT2D eigenvalue weighted by atomic mass is 10.1. The number of rotatable bonds is 5. The predicted molar refractivity (Wildman–Crippen MR) is 76.8 cm³/mol. The first kappa shape index (κ1) is 14.1. The third kappa shape index (κ3) is 2.99. The number of carbonyl (C=O) groups is 2. The molecule has 1 heterocycles. The number of carbonyl (C=O) groups excluding carboxylic acids is 1. The zero-order chi connectivity index (χ0) is 14.7. The lowest BCUT2D eigenvalue weighted by Crippen LogP contribution is -2.40. The molecule has 0 radical (unpaired) electrons. The molecular formula is C15H18N2O3. The van der Waals surface area contributed by atoms with Crippen molar-refractivity contribution in [3.8, 4) is 0 Å². The van der Waals surface area contributed by atoms with E-state index in [4.69, 9.17) is 5.11 Å². The van der Waals surface area contributed by atoms with Crippen LogP contribution in [0.15, 0.2) is 24.3 Å². The molecule has 0 fully saturated rings. The summed E-state index contributed by atoms with van der Waals surface area (Å²) in [5.74, 6) is -1.40. The number of hydrogen-bond donors (Lipinski definition) is 3. The highest BCUT2D eigenvalue weighted by molar-refractivity contribution is 5.99. The zero-order valence-electron chi connectivity index (χ0n) is 11.6. The number of amides is 1. The number of H-pyrrole nitrogens is 1. The quantitative estimate of drug-likeness (QED) is 0.783. The van der Waals surface area contributed by atoms with Crippen LogP contribution >= 0.6 is 0 Å². The minimum absolute atomic E-state index is 0.382. The van der Waals surface area contributed by atoms with E-state index in [1.54, 1.807) is 6.07 Å². The van der Waals surface area contributed by atoms with E-state index in [-0.39, 0.29) is 5.91 Å². The van der Waals surface area contributed by atoms with Gasteiger partial charge in [0, 0.05) is 10.9 Å². The number of hydrogen-bond acceptors (Lipinski definition) is 2. The number of benzene rings is 1. The van der Waals surface area contributed by atoms with Gasteiger partial charge in [0.25, 0.3) is 5.91 Å². The Morgan fingerprint density at radius 3 is 2.75 bits per heavy atom. The number of aryl methyl sites for hydroxylation is 1. The lowest BCUT2D eigenvalue weighted by molar-refractivity contribution is -0.139. The van der Waals surface area contributed by atoms with Crippen molar-refractivity contribution >= 4 is 22.8 Å². The van der Waals surface area contributed by atoms with Crippen LogP contribution in [-0.4, -0.2) is 28.0 Å². The van der Waals surface area contributed by atoms with Crippen LogP contribution in [0.5, 0.6) is 0 Å². The summed E-state index contributed by atoms with van der Waals surface area (Å²) in [5.41, 5.74) is 2.35. The van der Waals surface area contributed by atoms with E-state index < -0.39 is 12.0 Å². The van der Waals surface area contributed by atoms with E-state index in [1.165, 1.54) is 0 Å². The molecule has 0 spiro atoms. The molecule has 106 valence electrons. The first-order chi connectivity index (χ1) is 9.51. The Morgan fingerprint density at radius 2 is 2.10 bits per heavy atom. The molecule has 1 unspecified atom stereocenters. The van der Waals surface area contributed by atoms with Gasteiger partial charge in [-0.2, -0.15) is 0 Å². The minimum atomic E-state index is -1.01. The van der Waals surface area contributed by atoms with E-state index >= 15 is 0 Å². The maximum atomic E-state index is 12.1. The summed E-state index contributed by atoms with van der Waals surface area (Å²) < 4.78 is 0. The number of carboxylic acid groups (broad SMARTS) is 1. The molecule has 0 saturated heterocycles. The smallest absolute Gasteiger partial charge is 0.326 e. The summed E-state index contributed by atoms with van der Waals surface area (Å²) in [4.78, 5) is 26.1. The van der Waals surface area contributed by atoms with Crippen molar-refractivity contribution < 1.29 is 14.7 Å². The molecule has 0 aliphatic carbocycles.